The number of anilines is 1. The number of carbonyl (C=O) groups is 3. The Kier molecular flexibility index (Phi) is 4.41. The maximum Gasteiger partial charge on any atom is 0.270 e. The van der Waals surface area contributed by atoms with Gasteiger partial charge in [-0.25, -0.2) is 4.39 Å². The predicted octanol–water partition coefficient (Wildman–Crippen LogP) is 3.86. The van der Waals surface area contributed by atoms with Crippen LogP contribution in [0.1, 0.15) is 37.2 Å². The fraction of sp³-hybridized carbons (Fsp3) is 0.136. The van der Waals surface area contributed by atoms with Crippen molar-refractivity contribution in [3.05, 3.63) is 91.4 Å². The topological polar surface area (TPSA) is 101 Å². The summed E-state index contributed by atoms with van der Waals surface area (Å²) in [5.74, 6) is -2.45. The van der Waals surface area contributed by atoms with Crippen molar-refractivity contribution in [3.8, 4) is 0 Å². The third kappa shape index (κ3) is 2.76. The van der Waals surface area contributed by atoms with Crippen molar-refractivity contribution in [3.63, 3.8) is 0 Å². The fourth-order valence-electron chi connectivity index (χ4n) is 4.10. The molecule has 32 heavy (non-hydrogen) atoms. The average molecular weight is 451 g/mol. The van der Waals surface area contributed by atoms with Crippen molar-refractivity contribution in [2.75, 3.05) is 4.90 Å². The van der Waals surface area contributed by atoms with Crippen molar-refractivity contribution >= 4 is 40.4 Å². The summed E-state index contributed by atoms with van der Waals surface area (Å²) in [6, 6.07) is 9.55. The zero-order valence-corrected chi connectivity index (χ0v) is 17.3. The van der Waals surface area contributed by atoms with Gasteiger partial charge in [0.2, 0.25) is 0 Å². The molecule has 0 radical (unpaired) electrons. The largest absolute Gasteiger partial charge is 0.299 e. The third-order valence-corrected chi connectivity index (χ3v) is 6.67. The number of nitro benzene ring substituents is 1. The first kappa shape index (κ1) is 20.0. The lowest BCUT2D eigenvalue weighted by Crippen LogP contribution is -2.67. The zero-order chi connectivity index (χ0) is 22.7. The lowest BCUT2D eigenvalue weighted by Gasteiger charge is -2.49. The minimum Gasteiger partial charge on any atom is -0.299 e. The first-order valence-electron chi connectivity index (χ1n) is 9.58. The quantitative estimate of drug-likeness (QED) is 0.260. The molecule has 1 saturated heterocycles. The summed E-state index contributed by atoms with van der Waals surface area (Å²) in [5, 5.41) is 12.9. The number of hydrogen-bond acceptors (Lipinski definition) is 6. The lowest BCUT2D eigenvalue weighted by molar-refractivity contribution is -0.384. The molecule has 3 aromatic rings. The number of rotatable bonds is 4. The van der Waals surface area contributed by atoms with E-state index in [1.165, 1.54) is 28.4 Å². The van der Waals surface area contributed by atoms with Crippen molar-refractivity contribution in [1.82, 2.24) is 4.90 Å². The number of imide groups is 1. The molecule has 0 saturated carbocycles. The van der Waals surface area contributed by atoms with Crippen LogP contribution in [-0.2, 0) is 4.79 Å². The van der Waals surface area contributed by atoms with Crippen LogP contribution in [0.2, 0.25) is 0 Å². The Morgan fingerprint density at radius 1 is 0.969 bits per heavy atom. The van der Waals surface area contributed by atoms with E-state index in [1.807, 2.05) is 0 Å². The molecule has 2 aliphatic heterocycles. The number of non-ortho nitro benzene ring substituents is 1. The Labute approximate surface area is 184 Å². The van der Waals surface area contributed by atoms with Crippen molar-refractivity contribution in [2.24, 2.45) is 0 Å². The Bertz CT molecular complexity index is 1320. The van der Waals surface area contributed by atoms with E-state index in [1.54, 1.807) is 36.6 Å². The molecule has 1 aromatic heterocycles. The van der Waals surface area contributed by atoms with E-state index < -0.39 is 40.5 Å². The summed E-state index contributed by atoms with van der Waals surface area (Å²) >= 11 is 1.34. The number of hydrogen-bond donors (Lipinski definition) is 0. The van der Waals surface area contributed by atoms with Gasteiger partial charge in [-0.05, 0) is 42.1 Å². The minimum atomic E-state index is -1.13. The summed E-state index contributed by atoms with van der Waals surface area (Å²) in [6.07, 6.45) is 0. The molecule has 0 bridgehead atoms. The van der Waals surface area contributed by atoms with Crippen molar-refractivity contribution in [1.29, 1.82) is 0 Å². The molecule has 1 fully saturated rings. The number of β-lactam (4-membered cyclic amide) rings is 1. The standard InChI is InChI=1S/C22H14FN3O5S/c1-11-4-5-12(10-16(11)23)24-18(17-3-2-8-32-17)19(22(24)29)25-20(27)14-7-6-13(26(30)31)9-15(14)21(25)28/h2-10,18-19H,1H3/t18-,19-/m0/s1. The van der Waals surface area contributed by atoms with E-state index in [2.05, 4.69) is 0 Å². The average Bonchev–Trinajstić information content (AvgIpc) is 3.37. The number of benzene rings is 2. The Morgan fingerprint density at radius 2 is 1.72 bits per heavy atom. The van der Waals surface area contributed by atoms with Gasteiger partial charge in [0.05, 0.1) is 16.1 Å². The summed E-state index contributed by atoms with van der Waals surface area (Å²) in [4.78, 5) is 52.7. The first-order chi connectivity index (χ1) is 15.3. The van der Waals surface area contributed by atoms with Crippen LogP contribution < -0.4 is 4.90 Å². The molecule has 0 N–H and O–H groups in total. The number of fused-ring (bicyclic) bond motifs is 1. The Balaban J connectivity index is 1.56. The molecule has 2 atom stereocenters. The van der Waals surface area contributed by atoms with E-state index in [4.69, 9.17) is 0 Å². The van der Waals surface area contributed by atoms with Gasteiger partial charge in [0.15, 0.2) is 0 Å². The number of thiophene rings is 1. The zero-order valence-electron chi connectivity index (χ0n) is 16.5. The molecular weight excluding hydrogens is 437 g/mol. The summed E-state index contributed by atoms with van der Waals surface area (Å²) in [7, 11) is 0. The van der Waals surface area contributed by atoms with Crippen LogP contribution in [0.4, 0.5) is 15.8 Å². The summed E-state index contributed by atoms with van der Waals surface area (Å²) in [5.41, 5.74) is 0.325. The van der Waals surface area contributed by atoms with Gasteiger partial charge >= 0.3 is 0 Å². The fourth-order valence-corrected chi connectivity index (χ4v) is 4.95. The second-order valence-corrected chi connectivity index (χ2v) is 8.49. The van der Waals surface area contributed by atoms with Crippen LogP contribution in [0.15, 0.2) is 53.9 Å². The molecule has 3 amide bonds. The number of aryl methyl sites for hydroxylation is 1. The molecule has 0 spiro atoms. The molecule has 8 nitrogen and oxygen atoms in total. The van der Waals surface area contributed by atoms with Crippen LogP contribution >= 0.6 is 11.3 Å². The highest BCUT2D eigenvalue weighted by Gasteiger charge is 2.57. The number of nitrogens with zero attached hydrogens (tertiary/aromatic N) is 3. The van der Waals surface area contributed by atoms with Gasteiger partial charge in [-0.2, -0.15) is 0 Å². The van der Waals surface area contributed by atoms with E-state index in [0.717, 1.165) is 21.9 Å². The highest BCUT2D eigenvalue weighted by molar-refractivity contribution is 7.10. The minimum absolute atomic E-state index is 0.0122. The second-order valence-electron chi connectivity index (χ2n) is 7.51. The third-order valence-electron chi connectivity index (χ3n) is 5.73. The van der Waals surface area contributed by atoms with Gasteiger partial charge in [-0.1, -0.05) is 12.1 Å². The molecule has 5 rings (SSSR count). The highest BCUT2D eigenvalue weighted by atomic mass is 32.1. The molecule has 0 unspecified atom stereocenters. The van der Waals surface area contributed by atoms with Crippen molar-refractivity contribution in [2.45, 2.75) is 19.0 Å². The van der Waals surface area contributed by atoms with Crippen LogP contribution in [0.5, 0.6) is 0 Å². The second kappa shape index (κ2) is 7.06. The summed E-state index contributed by atoms with van der Waals surface area (Å²) < 4.78 is 14.2. The van der Waals surface area contributed by atoms with Crippen LogP contribution in [-0.4, -0.2) is 33.6 Å². The molecule has 2 aromatic carbocycles. The lowest BCUT2D eigenvalue weighted by atomic mass is 9.90. The molecule has 10 heteroatoms. The van der Waals surface area contributed by atoms with E-state index in [-0.39, 0.29) is 16.8 Å². The number of nitro groups is 1. The van der Waals surface area contributed by atoms with E-state index >= 15 is 0 Å². The molecule has 160 valence electrons. The normalized spacial score (nSPS) is 19.9. The Morgan fingerprint density at radius 3 is 2.38 bits per heavy atom. The first-order valence-corrected chi connectivity index (χ1v) is 10.5. The summed E-state index contributed by atoms with van der Waals surface area (Å²) in [6.45, 7) is 1.61. The van der Waals surface area contributed by atoms with Gasteiger partial charge in [-0.3, -0.25) is 34.3 Å². The van der Waals surface area contributed by atoms with Crippen LogP contribution in [0.25, 0.3) is 0 Å². The molecule has 0 aliphatic carbocycles. The maximum absolute atomic E-state index is 14.2. The molecular formula is C22H14FN3O5S. The van der Waals surface area contributed by atoms with Crippen LogP contribution in [0.3, 0.4) is 0 Å². The van der Waals surface area contributed by atoms with E-state index in [0.29, 0.717) is 11.3 Å². The number of halogens is 1. The van der Waals surface area contributed by atoms with Crippen LogP contribution in [0, 0.1) is 22.9 Å². The predicted molar refractivity (Wildman–Crippen MR) is 113 cm³/mol. The van der Waals surface area contributed by atoms with E-state index in [9.17, 15) is 28.9 Å². The van der Waals surface area contributed by atoms with Gasteiger partial charge in [0.1, 0.15) is 17.9 Å². The van der Waals surface area contributed by atoms with Gasteiger partial charge < -0.3 is 0 Å². The monoisotopic (exact) mass is 451 g/mol. The smallest absolute Gasteiger partial charge is 0.270 e. The van der Waals surface area contributed by atoms with Gasteiger partial charge in [0, 0.05) is 22.7 Å². The number of carbonyl (C=O) groups excluding carboxylic acids is 3. The molecule has 2 aliphatic rings. The van der Waals surface area contributed by atoms with Crippen molar-refractivity contribution < 1.29 is 23.7 Å². The van der Waals surface area contributed by atoms with Gasteiger partial charge in [-0.15, -0.1) is 11.3 Å². The molecule has 3 heterocycles. The SMILES string of the molecule is Cc1ccc(N2C(=O)[C@@H](N3C(=O)c4ccc([N+](=O)[O-])cc4C3=O)[C@@H]2c2cccs2)cc1F. The Hall–Kier alpha value is -3.92. The number of amides is 3. The van der Waals surface area contributed by atoms with Gasteiger partial charge in [0.25, 0.3) is 23.4 Å². The highest BCUT2D eigenvalue weighted by Crippen LogP contribution is 2.45. The maximum atomic E-state index is 14.2.